The van der Waals surface area contributed by atoms with Gasteiger partial charge < -0.3 is 0 Å². The van der Waals surface area contributed by atoms with Crippen LogP contribution in [0, 0.1) is 0 Å². The zero-order chi connectivity index (χ0) is 7.52. The summed E-state index contributed by atoms with van der Waals surface area (Å²) in [4.78, 5) is 15.6. The van der Waals surface area contributed by atoms with Crippen LogP contribution in [0.2, 0.25) is 0 Å². The molecule has 0 saturated carbocycles. The highest BCUT2D eigenvalue weighted by molar-refractivity contribution is 5.51. The molecule has 0 unspecified atom stereocenters. The molecule has 2 rings (SSSR count). The van der Waals surface area contributed by atoms with E-state index in [1.165, 1.54) is 6.33 Å². The molecule has 4 heteroatoms. The smallest absolute Gasteiger partial charge is 0.171 e. The molecular formula is C7H4N4. The zero-order valence-electron chi connectivity index (χ0n) is 5.60. The lowest BCUT2D eigenvalue weighted by molar-refractivity contribution is 1.05. The van der Waals surface area contributed by atoms with Gasteiger partial charge in [0.2, 0.25) is 0 Å². The molecule has 0 radical (unpaired) electrons. The standard InChI is InChI=1S/C7H4N4/c1-2-10-7-6(3-8-1)4-9-5-11-7/h1-2,4-5H. The summed E-state index contributed by atoms with van der Waals surface area (Å²) in [5.74, 6) is 2.74. The van der Waals surface area contributed by atoms with Gasteiger partial charge in [0.15, 0.2) is 5.49 Å². The van der Waals surface area contributed by atoms with E-state index >= 15 is 0 Å². The Kier molecular flexibility index (Phi) is 1.32. The molecule has 0 saturated heterocycles. The van der Waals surface area contributed by atoms with Crippen molar-refractivity contribution in [2.45, 2.75) is 0 Å². The first-order valence-corrected chi connectivity index (χ1v) is 3.08. The Bertz CT molecular complexity index is 440. The first kappa shape index (κ1) is 5.95. The Morgan fingerprint density at radius 2 is 2.27 bits per heavy atom. The summed E-state index contributed by atoms with van der Waals surface area (Å²) >= 11 is 0. The highest BCUT2D eigenvalue weighted by Gasteiger charge is 1.85. The number of aromatic nitrogens is 2. The van der Waals surface area contributed by atoms with Crippen molar-refractivity contribution < 1.29 is 0 Å². The third kappa shape index (κ3) is 1.07. The SMILES string of the molecule is C1=NC=CN=c2ncncc2=1. The molecule has 52 valence electrons. The summed E-state index contributed by atoms with van der Waals surface area (Å²) in [6, 6.07) is 0. The quantitative estimate of drug-likeness (QED) is 0.465. The Morgan fingerprint density at radius 1 is 1.27 bits per heavy atom. The van der Waals surface area contributed by atoms with E-state index in [2.05, 4.69) is 25.8 Å². The molecule has 1 aliphatic rings. The Morgan fingerprint density at radius 3 is 3.27 bits per heavy atom. The summed E-state index contributed by atoms with van der Waals surface area (Å²) in [5.41, 5.74) is 0.609. The second-order valence-corrected chi connectivity index (χ2v) is 1.93. The second-order valence-electron chi connectivity index (χ2n) is 1.93. The Labute approximate surface area is 62.4 Å². The van der Waals surface area contributed by atoms with Gasteiger partial charge in [0, 0.05) is 18.3 Å². The molecular weight excluding hydrogens is 140 g/mol. The molecule has 0 N–H and O–H groups in total. The van der Waals surface area contributed by atoms with Crippen LogP contribution in [-0.2, 0) is 0 Å². The first-order valence-electron chi connectivity index (χ1n) is 3.08. The van der Waals surface area contributed by atoms with Crippen LogP contribution in [-0.4, -0.2) is 15.8 Å². The third-order valence-electron chi connectivity index (χ3n) is 1.21. The van der Waals surface area contributed by atoms with Gasteiger partial charge in [0.05, 0.1) is 11.4 Å². The molecule has 0 bridgehead atoms. The van der Waals surface area contributed by atoms with Gasteiger partial charge in [-0.15, -0.1) is 0 Å². The monoisotopic (exact) mass is 144 g/mol. The van der Waals surface area contributed by atoms with E-state index in [1.807, 2.05) is 0 Å². The minimum Gasteiger partial charge on any atom is -0.243 e. The molecule has 0 amide bonds. The van der Waals surface area contributed by atoms with Crippen molar-refractivity contribution in [1.82, 2.24) is 9.97 Å². The summed E-state index contributed by atoms with van der Waals surface area (Å²) in [6.07, 6.45) is 6.21. The van der Waals surface area contributed by atoms with Crippen molar-refractivity contribution >= 4 is 5.87 Å². The lowest BCUT2D eigenvalue weighted by Crippen LogP contribution is -2.29. The van der Waals surface area contributed by atoms with E-state index in [1.54, 1.807) is 18.6 Å². The fraction of sp³-hybridized carbons (Fsp3) is 0. The number of hydrogen-bond acceptors (Lipinski definition) is 4. The molecule has 1 aliphatic heterocycles. The highest BCUT2D eigenvalue weighted by atomic mass is 14.9. The molecule has 1 aromatic rings. The Hall–Kier alpha value is -1.80. The maximum Gasteiger partial charge on any atom is 0.171 e. The van der Waals surface area contributed by atoms with Crippen molar-refractivity contribution in [2.75, 3.05) is 0 Å². The van der Waals surface area contributed by atoms with Gasteiger partial charge in [-0.2, -0.15) is 0 Å². The average Bonchev–Trinajstić information content (AvgIpc) is 2.28. The number of rotatable bonds is 0. The first-order chi connectivity index (χ1) is 5.47. The summed E-state index contributed by atoms with van der Waals surface area (Å²) in [5, 5.41) is 0.720. The average molecular weight is 144 g/mol. The van der Waals surface area contributed by atoms with Crippen molar-refractivity contribution in [2.24, 2.45) is 9.98 Å². The van der Waals surface area contributed by atoms with Crippen LogP contribution >= 0.6 is 0 Å². The number of aliphatic imine (C=N–C) groups is 1. The topological polar surface area (TPSA) is 50.5 Å². The lowest BCUT2D eigenvalue weighted by atomic mass is 10.5. The molecule has 0 aromatic carbocycles. The molecule has 0 atom stereocenters. The Balaban J connectivity index is 2.99. The molecule has 11 heavy (non-hydrogen) atoms. The molecule has 0 fully saturated rings. The molecule has 4 nitrogen and oxygen atoms in total. The van der Waals surface area contributed by atoms with Crippen LogP contribution in [0.1, 0.15) is 0 Å². The van der Waals surface area contributed by atoms with Crippen molar-refractivity contribution in [3.8, 4) is 0 Å². The van der Waals surface area contributed by atoms with Crippen molar-refractivity contribution in [3.05, 3.63) is 35.6 Å². The van der Waals surface area contributed by atoms with Crippen LogP contribution in [0.25, 0.3) is 0 Å². The summed E-state index contributed by atoms with van der Waals surface area (Å²) in [7, 11) is 0. The fourth-order valence-corrected chi connectivity index (χ4v) is 0.749. The second kappa shape index (κ2) is 2.44. The van der Waals surface area contributed by atoms with E-state index in [-0.39, 0.29) is 0 Å². The normalized spacial score (nSPS) is 12.7. The number of hydrogen-bond donors (Lipinski definition) is 0. The van der Waals surface area contributed by atoms with E-state index in [0.717, 1.165) is 5.22 Å². The predicted octanol–water partition coefficient (Wildman–Crippen LogP) is -1.08. The minimum atomic E-state index is 0.609. The van der Waals surface area contributed by atoms with Gasteiger partial charge in [0.1, 0.15) is 6.33 Å². The summed E-state index contributed by atoms with van der Waals surface area (Å²) in [6.45, 7) is 0. The van der Waals surface area contributed by atoms with Crippen molar-refractivity contribution in [3.63, 3.8) is 0 Å². The number of fused-ring (bicyclic) bond motifs is 1. The van der Waals surface area contributed by atoms with E-state index in [0.29, 0.717) is 5.49 Å². The van der Waals surface area contributed by atoms with Crippen LogP contribution < -0.4 is 10.7 Å². The highest BCUT2D eigenvalue weighted by Crippen LogP contribution is 1.72. The fourth-order valence-electron chi connectivity index (χ4n) is 0.749. The lowest BCUT2D eigenvalue weighted by Gasteiger charge is -1.79. The van der Waals surface area contributed by atoms with Gasteiger partial charge in [0.25, 0.3) is 0 Å². The summed E-state index contributed by atoms with van der Waals surface area (Å²) < 4.78 is 0. The van der Waals surface area contributed by atoms with Gasteiger partial charge in [-0.3, -0.25) is 0 Å². The van der Waals surface area contributed by atoms with Gasteiger partial charge in [-0.05, 0) is 0 Å². The molecule has 2 heterocycles. The maximum absolute atomic E-state index is 4.00. The zero-order valence-corrected chi connectivity index (χ0v) is 5.60. The van der Waals surface area contributed by atoms with E-state index in [9.17, 15) is 0 Å². The molecule has 1 aromatic heterocycles. The van der Waals surface area contributed by atoms with E-state index < -0.39 is 0 Å². The predicted molar refractivity (Wildman–Crippen MR) is 38.5 cm³/mol. The van der Waals surface area contributed by atoms with Crippen LogP contribution in [0.4, 0.5) is 0 Å². The van der Waals surface area contributed by atoms with Crippen LogP contribution in [0.15, 0.2) is 34.9 Å². The molecule has 0 spiro atoms. The van der Waals surface area contributed by atoms with Crippen LogP contribution in [0.5, 0.6) is 0 Å². The maximum atomic E-state index is 4.00. The van der Waals surface area contributed by atoms with Gasteiger partial charge in [-0.25, -0.2) is 20.0 Å². The van der Waals surface area contributed by atoms with Gasteiger partial charge in [-0.1, -0.05) is 0 Å². The van der Waals surface area contributed by atoms with E-state index in [4.69, 9.17) is 0 Å². The number of nitrogens with zero attached hydrogens (tertiary/aromatic N) is 4. The largest absolute Gasteiger partial charge is 0.243 e. The van der Waals surface area contributed by atoms with Crippen molar-refractivity contribution in [1.29, 1.82) is 0 Å². The van der Waals surface area contributed by atoms with Gasteiger partial charge >= 0.3 is 0 Å². The molecule has 0 aliphatic carbocycles. The minimum absolute atomic E-state index is 0.609. The van der Waals surface area contributed by atoms with Crippen LogP contribution in [0.3, 0.4) is 0 Å². The third-order valence-corrected chi connectivity index (χ3v) is 1.21.